The van der Waals surface area contributed by atoms with Gasteiger partial charge in [0.05, 0.1) is 18.3 Å². The van der Waals surface area contributed by atoms with Crippen LogP contribution in [-0.2, 0) is 14.4 Å². The van der Waals surface area contributed by atoms with Gasteiger partial charge >= 0.3 is 6.03 Å². The molecule has 3 rings (SSSR count). The number of benzene rings is 2. The number of anilines is 1. The summed E-state index contributed by atoms with van der Waals surface area (Å²) in [5.41, 5.74) is 1.22. The van der Waals surface area contributed by atoms with Gasteiger partial charge in [-0.1, -0.05) is 24.3 Å². The zero-order valence-electron chi connectivity index (χ0n) is 17.7. The lowest BCUT2D eigenvalue weighted by Gasteiger charge is -2.27. The number of hydrogen-bond acceptors (Lipinski definition) is 7. The van der Waals surface area contributed by atoms with Crippen LogP contribution in [0.1, 0.15) is 25.0 Å². The smallest absolute Gasteiger partial charge is 0.335 e. The van der Waals surface area contributed by atoms with Crippen molar-refractivity contribution in [3.8, 4) is 11.5 Å². The molecular weight excluding hydrogens is 416 g/mol. The topological polar surface area (TPSA) is 125 Å². The second-order valence-corrected chi connectivity index (χ2v) is 6.96. The maximum atomic E-state index is 13.0. The van der Waals surface area contributed by atoms with Gasteiger partial charge < -0.3 is 19.4 Å². The fraction of sp³-hybridized carbons (Fsp3) is 0.217. The summed E-state index contributed by atoms with van der Waals surface area (Å²) in [5, 5.41) is 13.1. The number of nitrogens with zero attached hydrogens (tertiary/aromatic N) is 1. The Labute approximate surface area is 184 Å². The highest BCUT2D eigenvalue weighted by atomic mass is 16.5. The molecule has 1 aliphatic heterocycles. The third-order valence-corrected chi connectivity index (χ3v) is 4.67. The molecule has 9 heteroatoms. The Hall–Kier alpha value is -4.14. The number of rotatable bonds is 7. The van der Waals surface area contributed by atoms with Crippen LogP contribution < -0.4 is 24.8 Å². The van der Waals surface area contributed by atoms with Gasteiger partial charge in [-0.3, -0.25) is 14.9 Å². The molecule has 9 nitrogen and oxygen atoms in total. The van der Waals surface area contributed by atoms with Gasteiger partial charge in [-0.25, -0.2) is 9.69 Å². The summed E-state index contributed by atoms with van der Waals surface area (Å²) < 4.78 is 10.8. The van der Waals surface area contributed by atoms with Crippen molar-refractivity contribution < 1.29 is 33.8 Å². The molecule has 0 aliphatic carbocycles. The van der Waals surface area contributed by atoms with Crippen LogP contribution in [0.2, 0.25) is 0 Å². The summed E-state index contributed by atoms with van der Waals surface area (Å²) in [7, 11) is 0. The van der Waals surface area contributed by atoms with E-state index in [9.17, 15) is 24.3 Å². The number of imide groups is 2. The molecule has 1 fully saturated rings. The minimum atomic E-state index is -1.39. The number of carbonyl (C=O) groups excluding carboxylic acids is 4. The average Bonchev–Trinajstić information content (AvgIpc) is 2.74. The van der Waals surface area contributed by atoms with Gasteiger partial charge in [0.1, 0.15) is 11.7 Å². The predicted octanol–water partition coefficient (Wildman–Crippen LogP) is 1.58. The maximum Gasteiger partial charge on any atom is 0.335 e. The summed E-state index contributed by atoms with van der Waals surface area (Å²) in [6.07, 6.45) is 0.113. The molecular formula is C23H21N2O7-. The minimum Gasteiger partial charge on any atom is -0.546 e. The third kappa shape index (κ3) is 4.61. The summed E-state index contributed by atoms with van der Waals surface area (Å²) in [4.78, 5) is 49.7. The minimum absolute atomic E-state index is 0.168. The van der Waals surface area contributed by atoms with Gasteiger partial charge in [0.25, 0.3) is 11.8 Å². The van der Waals surface area contributed by atoms with Crippen molar-refractivity contribution in [1.82, 2.24) is 5.32 Å². The number of carboxylic acids is 1. The molecule has 1 N–H and O–H groups in total. The van der Waals surface area contributed by atoms with Crippen LogP contribution in [0.15, 0.2) is 48.0 Å². The van der Waals surface area contributed by atoms with Crippen molar-refractivity contribution >= 4 is 35.6 Å². The molecule has 0 radical (unpaired) electrons. The monoisotopic (exact) mass is 437 g/mol. The first kappa shape index (κ1) is 22.5. The number of carboxylic acid groups (broad SMARTS) is 1. The predicted molar refractivity (Wildman–Crippen MR) is 113 cm³/mol. The standard InChI is InChI=1S/C23H22N2O7/c1-4-31-19-12-15(9-10-18(19)32-14(3)22(28)29)11-16-20(26)24-23(30)25(21(16)27)17-8-6-5-7-13(17)2/h5-12,14H,4H2,1-3H3,(H,28,29)(H,24,26,30)/p-1/b16-11-/t14-/m0/s1. The number of nitrogens with one attached hydrogen (secondary N) is 1. The molecule has 0 bridgehead atoms. The van der Waals surface area contributed by atoms with E-state index in [1.165, 1.54) is 31.2 Å². The fourth-order valence-corrected chi connectivity index (χ4v) is 3.08. The van der Waals surface area contributed by atoms with Crippen molar-refractivity contribution in [2.45, 2.75) is 26.9 Å². The van der Waals surface area contributed by atoms with Gasteiger partial charge in [0, 0.05) is 0 Å². The first-order valence-electron chi connectivity index (χ1n) is 9.84. The Morgan fingerprint density at radius 3 is 2.53 bits per heavy atom. The SMILES string of the molecule is CCOc1cc(/C=C2/C(=O)NC(=O)N(c3ccccc3C)C2=O)ccc1O[C@@H](C)C(=O)[O-]. The highest BCUT2D eigenvalue weighted by Crippen LogP contribution is 2.31. The Morgan fingerprint density at radius 1 is 1.16 bits per heavy atom. The summed E-state index contributed by atoms with van der Waals surface area (Å²) in [6, 6.07) is 10.5. The average molecular weight is 437 g/mol. The van der Waals surface area contributed by atoms with E-state index in [1.54, 1.807) is 38.1 Å². The van der Waals surface area contributed by atoms with Crippen molar-refractivity contribution in [2.24, 2.45) is 0 Å². The number of urea groups is 1. The lowest BCUT2D eigenvalue weighted by Crippen LogP contribution is -2.54. The van der Waals surface area contributed by atoms with E-state index in [1.807, 2.05) is 0 Å². The molecule has 166 valence electrons. The Morgan fingerprint density at radius 2 is 1.88 bits per heavy atom. The molecule has 4 amide bonds. The maximum absolute atomic E-state index is 13.0. The van der Waals surface area contributed by atoms with Gasteiger partial charge in [-0.2, -0.15) is 0 Å². The van der Waals surface area contributed by atoms with Crippen molar-refractivity contribution in [2.75, 3.05) is 11.5 Å². The van der Waals surface area contributed by atoms with Crippen LogP contribution in [0.3, 0.4) is 0 Å². The van der Waals surface area contributed by atoms with Crippen LogP contribution in [-0.4, -0.2) is 36.5 Å². The molecule has 0 aromatic heterocycles. The molecule has 1 aliphatic rings. The summed E-state index contributed by atoms with van der Waals surface area (Å²) >= 11 is 0. The van der Waals surface area contributed by atoms with E-state index in [0.717, 1.165) is 4.90 Å². The highest BCUT2D eigenvalue weighted by molar-refractivity contribution is 6.39. The Kier molecular flexibility index (Phi) is 6.58. The number of ether oxygens (including phenoxy) is 2. The Bertz CT molecular complexity index is 1120. The van der Waals surface area contributed by atoms with Crippen LogP contribution in [0.25, 0.3) is 6.08 Å². The molecule has 0 unspecified atom stereocenters. The van der Waals surface area contributed by atoms with Gasteiger partial charge in [-0.05, 0) is 56.2 Å². The zero-order chi connectivity index (χ0) is 23.4. The molecule has 1 atom stereocenters. The number of aliphatic carboxylic acids is 1. The second-order valence-electron chi connectivity index (χ2n) is 6.96. The molecule has 32 heavy (non-hydrogen) atoms. The van der Waals surface area contributed by atoms with E-state index < -0.39 is 29.9 Å². The number of hydrogen-bond donors (Lipinski definition) is 1. The first-order chi connectivity index (χ1) is 15.2. The van der Waals surface area contributed by atoms with Gasteiger partial charge in [-0.15, -0.1) is 0 Å². The number of barbiturate groups is 1. The lowest BCUT2D eigenvalue weighted by atomic mass is 10.1. The second kappa shape index (κ2) is 9.34. The fourth-order valence-electron chi connectivity index (χ4n) is 3.08. The van der Waals surface area contributed by atoms with Crippen molar-refractivity contribution in [3.05, 3.63) is 59.2 Å². The normalized spacial score (nSPS) is 16.0. The van der Waals surface area contributed by atoms with Gasteiger partial charge in [0.15, 0.2) is 11.5 Å². The Balaban J connectivity index is 1.98. The lowest BCUT2D eigenvalue weighted by molar-refractivity contribution is -0.312. The zero-order valence-corrected chi connectivity index (χ0v) is 17.7. The van der Waals surface area contributed by atoms with Crippen molar-refractivity contribution in [3.63, 3.8) is 0 Å². The quantitative estimate of drug-likeness (QED) is 0.515. The largest absolute Gasteiger partial charge is 0.546 e. The van der Waals surface area contributed by atoms with E-state index in [4.69, 9.17) is 9.47 Å². The van der Waals surface area contributed by atoms with Crippen LogP contribution in [0, 0.1) is 6.92 Å². The van der Waals surface area contributed by atoms with E-state index >= 15 is 0 Å². The van der Waals surface area contributed by atoms with Crippen molar-refractivity contribution in [1.29, 1.82) is 0 Å². The van der Waals surface area contributed by atoms with Crippen LogP contribution in [0.4, 0.5) is 10.5 Å². The molecule has 2 aromatic carbocycles. The van der Waals surface area contributed by atoms with E-state index in [-0.39, 0.29) is 23.7 Å². The molecule has 1 heterocycles. The third-order valence-electron chi connectivity index (χ3n) is 4.67. The summed E-state index contributed by atoms with van der Waals surface area (Å²) in [5.74, 6) is -2.58. The first-order valence-corrected chi connectivity index (χ1v) is 9.84. The number of para-hydroxylation sites is 1. The van der Waals surface area contributed by atoms with Gasteiger partial charge in [0.2, 0.25) is 0 Å². The number of aryl methyl sites for hydroxylation is 1. The van der Waals surface area contributed by atoms with Crippen LogP contribution >= 0.6 is 0 Å². The number of carbonyl (C=O) groups is 4. The molecule has 2 aromatic rings. The highest BCUT2D eigenvalue weighted by Gasteiger charge is 2.37. The molecule has 1 saturated heterocycles. The van der Waals surface area contributed by atoms with E-state index in [0.29, 0.717) is 16.8 Å². The molecule has 0 saturated carbocycles. The summed E-state index contributed by atoms with van der Waals surface area (Å²) in [6.45, 7) is 5.07. The van der Waals surface area contributed by atoms with Crippen LogP contribution in [0.5, 0.6) is 11.5 Å². The van der Waals surface area contributed by atoms with E-state index in [2.05, 4.69) is 5.32 Å². The molecule has 0 spiro atoms. The number of amides is 4.